The van der Waals surface area contributed by atoms with Gasteiger partial charge in [0.1, 0.15) is 0 Å². The third-order valence-corrected chi connectivity index (χ3v) is 3.94. The number of β-amino-alcohol motifs (C(OH)–C–C–N with tert-alkyl or cyclic N) is 1. The summed E-state index contributed by atoms with van der Waals surface area (Å²) in [6.07, 6.45) is 6.21. The third kappa shape index (κ3) is 2.74. The Kier molecular flexibility index (Phi) is 3.50. The summed E-state index contributed by atoms with van der Waals surface area (Å²) in [5, 5.41) is 19.1. The monoisotopic (exact) mass is 227 g/mol. The average Bonchev–Trinajstić information content (AvgIpc) is 2.77. The molecule has 1 atom stereocenters. The molecule has 1 saturated carbocycles. The second kappa shape index (κ2) is 4.72. The Morgan fingerprint density at radius 2 is 2.00 bits per heavy atom. The molecule has 0 bridgehead atoms. The molecule has 0 amide bonds. The van der Waals surface area contributed by atoms with E-state index in [0.29, 0.717) is 6.54 Å². The molecule has 0 aromatic carbocycles. The molecule has 4 heteroatoms. The van der Waals surface area contributed by atoms with Gasteiger partial charge in [0.25, 0.3) is 0 Å². The molecule has 1 unspecified atom stereocenters. The predicted octanol–water partition coefficient (Wildman–Crippen LogP) is 1.23. The molecule has 16 heavy (non-hydrogen) atoms. The second-order valence-electron chi connectivity index (χ2n) is 5.30. The predicted molar refractivity (Wildman–Crippen MR) is 60.3 cm³/mol. The molecule has 1 saturated heterocycles. The van der Waals surface area contributed by atoms with Gasteiger partial charge in [-0.15, -0.1) is 0 Å². The van der Waals surface area contributed by atoms with Crippen LogP contribution in [0.5, 0.6) is 0 Å². The highest BCUT2D eigenvalue weighted by atomic mass is 16.4. The van der Waals surface area contributed by atoms with Crippen LogP contribution in [0.15, 0.2) is 0 Å². The molecule has 0 spiro atoms. The maximum atomic E-state index is 10.7. The van der Waals surface area contributed by atoms with Gasteiger partial charge >= 0.3 is 5.97 Å². The molecule has 0 aromatic rings. The maximum absolute atomic E-state index is 10.7. The normalized spacial score (nSPS) is 29.7. The molecule has 2 N–H and O–H groups in total. The van der Waals surface area contributed by atoms with Crippen molar-refractivity contribution < 1.29 is 15.0 Å². The van der Waals surface area contributed by atoms with Gasteiger partial charge in [0.15, 0.2) is 0 Å². The van der Waals surface area contributed by atoms with Crippen LogP contribution in [0.1, 0.15) is 44.9 Å². The smallest absolute Gasteiger partial charge is 0.304 e. The van der Waals surface area contributed by atoms with E-state index in [1.807, 2.05) is 0 Å². The van der Waals surface area contributed by atoms with Gasteiger partial charge in [0, 0.05) is 12.6 Å². The minimum absolute atomic E-state index is 0.141. The zero-order chi connectivity index (χ0) is 11.6. The number of nitrogens with zero attached hydrogens (tertiary/aromatic N) is 1. The Hall–Kier alpha value is -0.610. The first kappa shape index (κ1) is 11.9. The summed E-state index contributed by atoms with van der Waals surface area (Å²) in [5.74, 6) is -0.727. The Morgan fingerprint density at radius 3 is 2.62 bits per heavy atom. The maximum Gasteiger partial charge on any atom is 0.304 e. The SMILES string of the molecule is O=C(O)CC1CCCN1CC1(O)CCCC1. The van der Waals surface area contributed by atoms with Crippen molar-refractivity contribution in [3.63, 3.8) is 0 Å². The van der Waals surface area contributed by atoms with Crippen LogP contribution in [0, 0.1) is 0 Å². The quantitative estimate of drug-likeness (QED) is 0.758. The van der Waals surface area contributed by atoms with E-state index < -0.39 is 11.6 Å². The summed E-state index contributed by atoms with van der Waals surface area (Å²) >= 11 is 0. The number of hydrogen-bond acceptors (Lipinski definition) is 3. The molecule has 4 nitrogen and oxygen atoms in total. The number of rotatable bonds is 4. The molecular formula is C12H21NO3. The van der Waals surface area contributed by atoms with Crippen molar-refractivity contribution in [2.24, 2.45) is 0 Å². The van der Waals surface area contributed by atoms with Crippen LogP contribution in [-0.4, -0.2) is 45.8 Å². The number of aliphatic carboxylic acids is 1. The van der Waals surface area contributed by atoms with Crippen LogP contribution < -0.4 is 0 Å². The Bertz CT molecular complexity index is 261. The van der Waals surface area contributed by atoms with Gasteiger partial charge in [0.2, 0.25) is 0 Å². The Labute approximate surface area is 96.3 Å². The van der Waals surface area contributed by atoms with Crippen molar-refractivity contribution in [1.29, 1.82) is 0 Å². The lowest BCUT2D eigenvalue weighted by molar-refractivity contribution is -0.138. The minimum Gasteiger partial charge on any atom is -0.481 e. The van der Waals surface area contributed by atoms with E-state index in [1.54, 1.807) is 0 Å². The highest BCUT2D eigenvalue weighted by Crippen LogP contribution is 2.32. The number of hydrogen-bond donors (Lipinski definition) is 2. The fraction of sp³-hybridized carbons (Fsp3) is 0.917. The van der Waals surface area contributed by atoms with Crippen molar-refractivity contribution in [2.45, 2.75) is 56.6 Å². The van der Waals surface area contributed by atoms with Gasteiger partial charge in [-0.1, -0.05) is 12.8 Å². The Balaban J connectivity index is 1.90. The lowest BCUT2D eigenvalue weighted by atomic mass is 10.0. The van der Waals surface area contributed by atoms with E-state index >= 15 is 0 Å². The molecule has 2 aliphatic rings. The zero-order valence-electron chi connectivity index (χ0n) is 9.69. The first-order valence-electron chi connectivity index (χ1n) is 6.27. The van der Waals surface area contributed by atoms with Gasteiger partial charge < -0.3 is 10.2 Å². The van der Waals surface area contributed by atoms with Crippen molar-refractivity contribution >= 4 is 5.97 Å². The fourth-order valence-electron chi connectivity index (χ4n) is 3.11. The highest BCUT2D eigenvalue weighted by molar-refractivity contribution is 5.67. The van der Waals surface area contributed by atoms with Gasteiger partial charge in [0.05, 0.1) is 12.0 Å². The molecule has 1 aliphatic carbocycles. The van der Waals surface area contributed by atoms with Gasteiger partial charge in [-0.25, -0.2) is 0 Å². The molecule has 2 fully saturated rings. The first-order valence-corrected chi connectivity index (χ1v) is 6.27. The van der Waals surface area contributed by atoms with Crippen LogP contribution >= 0.6 is 0 Å². The first-order chi connectivity index (χ1) is 7.59. The Morgan fingerprint density at radius 1 is 1.31 bits per heavy atom. The van der Waals surface area contributed by atoms with E-state index in [0.717, 1.165) is 45.1 Å². The molecular weight excluding hydrogens is 206 g/mol. The molecule has 92 valence electrons. The average molecular weight is 227 g/mol. The van der Waals surface area contributed by atoms with Crippen LogP contribution in [0.25, 0.3) is 0 Å². The van der Waals surface area contributed by atoms with E-state index in [4.69, 9.17) is 5.11 Å². The van der Waals surface area contributed by atoms with E-state index in [2.05, 4.69) is 4.90 Å². The number of aliphatic hydroxyl groups is 1. The van der Waals surface area contributed by atoms with Crippen LogP contribution in [-0.2, 0) is 4.79 Å². The summed E-state index contributed by atoms with van der Waals surface area (Å²) < 4.78 is 0. The molecule has 1 aliphatic heterocycles. The van der Waals surface area contributed by atoms with E-state index in [-0.39, 0.29) is 12.5 Å². The molecule has 2 rings (SSSR count). The van der Waals surface area contributed by atoms with Crippen LogP contribution in [0.3, 0.4) is 0 Å². The van der Waals surface area contributed by atoms with E-state index in [9.17, 15) is 9.90 Å². The summed E-state index contributed by atoms with van der Waals surface area (Å²) in [6.45, 7) is 1.62. The van der Waals surface area contributed by atoms with Crippen molar-refractivity contribution in [3.05, 3.63) is 0 Å². The lowest BCUT2D eigenvalue weighted by Crippen LogP contribution is -2.43. The third-order valence-electron chi connectivity index (χ3n) is 3.94. The summed E-state index contributed by atoms with van der Waals surface area (Å²) in [4.78, 5) is 12.9. The summed E-state index contributed by atoms with van der Waals surface area (Å²) in [5.41, 5.74) is -0.541. The summed E-state index contributed by atoms with van der Waals surface area (Å²) in [6, 6.07) is 0.141. The number of likely N-dealkylation sites (tertiary alicyclic amines) is 1. The fourth-order valence-corrected chi connectivity index (χ4v) is 3.11. The molecule has 0 radical (unpaired) electrons. The van der Waals surface area contributed by atoms with Crippen LogP contribution in [0.2, 0.25) is 0 Å². The number of carboxylic acids is 1. The van der Waals surface area contributed by atoms with Gasteiger partial charge in [-0.05, 0) is 32.2 Å². The number of carboxylic acid groups (broad SMARTS) is 1. The standard InChI is InChI=1S/C12H21NO3/c14-11(15)8-10-4-3-7-13(10)9-12(16)5-1-2-6-12/h10,16H,1-9H2,(H,14,15). The lowest BCUT2D eigenvalue weighted by Gasteiger charge is -2.32. The minimum atomic E-state index is -0.727. The second-order valence-corrected chi connectivity index (χ2v) is 5.30. The van der Waals surface area contributed by atoms with Crippen LogP contribution in [0.4, 0.5) is 0 Å². The number of carbonyl (C=O) groups is 1. The molecule has 1 heterocycles. The highest BCUT2D eigenvalue weighted by Gasteiger charge is 2.37. The van der Waals surface area contributed by atoms with Gasteiger partial charge in [-0.3, -0.25) is 9.69 Å². The van der Waals surface area contributed by atoms with Crippen molar-refractivity contribution in [1.82, 2.24) is 4.90 Å². The van der Waals surface area contributed by atoms with Gasteiger partial charge in [-0.2, -0.15) is 0 Å². The molecule has 0 aromatic heterocycles. The zero-order valence-corrected chi connectivity index (χ0v) is 9.69. The van der Waals surface area contributed by atoms with Crippen molar-refractivity contribution in [3.8, 4) is 0 Å². The van der Waals surface area contributed by atoms with Crippen molar-refractivity contribution in [2.75, 3.05) is 13.1 Å². The summed E-state index contributed by atoms with van der Waals surface area (Å²) in [7, 11) is 0. The van der Waals surface area contributed by atoms with E-state index in [1.165, 1.54) is 0 Å². The topological polar surface area (TPSA) is 60.8 Å². The largest absolute Gasteiger partial charge is 0.481 e.